The van der Waals surface area contributed by atoms with Crippen molar-refractivity contribution in [1.29, 1.82) is 0 Å². The smallest absolute Gasteiger partial charge is 0.194 e. The minimum Gasteiger partial charge on any atom is -0.384 e. The Kier molecular flexibility index (Phi) is 8.92. The molecule has 1 aliphatic rings. The molecule has 1 unspecified atom stereocenters. The quantitative estimate of drug-likeness (QED) is 0.543. The summed E-state index contributed by atoms with van der Waals surface area (Å²) in [5.74, 6) is 1.64. The summed E-state index contributed by atoms with van der Waals surface area (Å²) < 4.78 is 5.33. The summed E-state index contributed by atoms with van der Waals surface area (Å²) >= 11 is 0. The second-order valence-corrected chi connectivity index (χ2v) is 6.96. The molecule has 1 N–H and O–H groups in total. The third-order valence-corrected chi connectivity index (χ3v) is 5.13. The minimum atomic E-state index is 0.610. The van der Waals surface area contributed by atoms with Crippen LogP contribution in [-0.4, -0.2) is 62.2 Å². The SMILES string of the molecule is CCNC(=NCc1ccccc1CN(CC)CC)N1CCC(COC)C1. The monoisotopic (exact) mass is 360 g/mol. The molecule has 0 aromatic heterocycles. The number of nitrogens with zero attached hydrogens (tertiary/aromatic N) is 3. The predicted octanol–water partition coefficient (Wildman–Crippen LogP) is 2.96. The van der Waals surface area contributed by atoms with Gasteiger partial charge in [-0.15, -0.1) is 0 Å². The number of methoxy groups -OCH3 is 1. The Hall–Kier alpha value is -1.59. The molecule has 1 heterocycles. The molecule has 26 heavy (non-hydrogen) atoms. The summed E-state index contributed by atoms with van der Waals surface area (Å²) in [6.45, 7) is 14.3. The standard InChI is InChI=1S/C21H36N4O/c1-5-22-21(25-13-12-18(15-25)17-26-4)23-14-19-10-8-9-11-20(19)16-24(6-2)7-3/h8-11,18H,5-7,12-17H2,1-4H3,(H,22,23). The van der Waals surface area contributed by atoms with E-state index in [9.17, 15) is 0 Å². The first-order chi connectivity index (χ1) is 12.7. The van der Waals surface area contributed by atoms with E-state index in [-0.39, 0.29) is 0 Å². The van der Waals surface area contributed by atoms with Gasteiger partial charge in [0.1, 0.15) is 0 Å². The molecule has 1 aromatic carbocycles. The lowest BCUT2D eigenvalue weighted by atomic mass is 10.1. The van der Waals surface area contributed by atoms with Crippen LogP contribution >= 0.6 is 0 Å². The molecule has 5 nitrogen and oxygen atoms in total. The normalized spacial score (nSPS) is 18.0. The van der Waals surface area contributed by atoms with E-state index in [1.165, 1.54) is 17.5 Å². The molecule has 0 spiro atoms. The van der Waals surface area contributed by atoms with E-state index in [0.717, 1.165) is 58.4 Å². The van der Waals surface area contributed by atoms with Gasteiger partial charge in [0.25, 0.3) is 0 Å². The third-order valence-electron chi connectivity index (χ3n) is 5.13. The van der Waals surface area contributed by atoms with Crippen LogP contribution in [0.25, 0.3) is 0 Å². The van der Waals surface area contributed by atoms with E-state index in [1.807, 2.05) is 0 Å². The largest absolute Gasteiger partial charge is 0.384 e. The van der Waals surface area contributed by atoms with Gasteiger partial charge in [0.15, 0.2) is 5.96 Å². The van der Waals surface area contributed by atoms with Gasteiger partial charge in [-0.25, -0.2) is 4.99 Å². The van der Waals surface area contributed by atoms with Crippen molar-refractivity contribution in [1.82, 2.24) is 15.1 Å². The van der Waals surface area contributed by atoms with Crippen LogP contribution in [0, 0.1) is 5.92 Å². The molecule has 2 rings (SSSR count). The van der Waals surface area contributed by atoms with Crippen molar-refractivity contribution < 1.29 is 4.74 Å². The maximum absolute atomic E-state index is 5.33. The first-order valence-electron chi connectivity index (χ1n) is 10.0. The van der Waals surface area contributed by atoms with E-state index in [1.54, 1.807) is 7.11 Å². The summed E-state index contributed by atoms with van der Waals surface area (Å²) in [5.41, 5.74) is 2.71. The summed E-state index contributed by atoms with van der Waals surface area (Å²) in [7, 11) is 1.79. The molecular weight excluding hydrogens is 324 g/mol. The fourth-order valence-corrected chi connectivity index (χ4v) is 3.54. The molecule has 0 saturated carbocycles. The van der Waals surface area contributed by atoms with Gasteiger partial charge >= 0.3 is 0 Å². The van der Waals surface area contributed by atoms with Gasteiger partial charge in [0.05, 0.1) is 13.2 Å². The fraction of sp³-hybridized carbons (Fsp3) is 0.667. The number of guanidine groups is 1. The Morgan fingerprint density at radius 1 is 1.23 bits per heavy atom. The summed E-state index contributed by atoms with van der Waals surface area (Å²) in [6, 6.07) is 8.70. The number of hydrogen-bond acceptors (Lipinski definition) is 3. The summed E-state index contributed by atoms with van der Waals surface area (Å²) in [5, 5.41) is 3.46. The highest BCUT2D eigenvalue weighted by Gasteiger charge is 2.24. The van der Waals surface area contributed by atoms with Crippen LogP contribution in [0.2, 0.25) is 0 Å². The molecule has 0 amide bonds. The van der Waals surface area contributed by atoms with E-state index in [2.05, 4.69) is 60.2 Å². The molecule has 1 saturated heterocycles. The maximum atomic E-state index is 5.33. The lowest BCUT2D eigenvalue weighted by molar-refractivity contribution is 0.157. The van der Waals surface area contributed by atoms with Crippen LogP contribution in [0.3, 0.4) is 0 Å². The van der Waals surface area contributed by atoms with E-state index >= 15 is 0 Å². The average molecular weight is 361 g/mol. The molecule has 1 atom stereocenters. The molecule has 1 aliphatic heterocycles. The molecule has 146 valence electrons. The number of ether oxygens (including phenoxy) is 1. The van der Waals surface area contributed by atoms with Crippen LogP contribution in [0.5, 0.6) is 0 Å². The average Bonchev–Trinajstić information content (AvgIpc) is 3.12. The molecule has 5 heteroatoms. The van der Waals surface area contributed by atoms with Gasteiger partial charge < -0.3 is 15.0 Å². The Morgan fingerprint density at radius 2 is 1.96 bits per heavy atom. The summed E-state index contributed by atoms with van der Waals surface area (Å²) in [6.07, 6.45) is 1.18. The molecule has 0 bridgehead atoms. The van der Waals surface area contributed by atoms with Crippen LogP contribution in [0.4, 0.5) is 0 Å². The Balaban J connectivity index is 2.07. The molecule has 1 aromatic rings. The second-order valence-electron chi connectivity index (χ2n) is 6.96. The van der Waals surface area contributed by atoms with Crippen molar-refractivity contribution >= 4 is 5.96 Å². The van der Waals surface area contributed by atoms with Crippen molar-refractivity contribution in [3.05, 3.63) is 35.4 Å². The number of rotatable bonds is 9. The van der Waals surface area contributed by atoms with Gasteiger partial charge in [-0.05, 0) is 37.6 Å². The molecule has 1 fully saturated rings. The Morgan fingerprint density at radius 3 is 2.62 bits per heavy atom. The Labute approximate surface area is 159 Å². The zero-order valence-corrected chi connectivity index (χ0v) is 17.0. The van der Waals surface area contributed by atoms with Gasteiger partial charge in [0.2, 0.25) is 0 Å². The van der Waals surface area contributed by atoms with Crippen molar-refractivity contribution in [2.24, 2.45) is 10.9 Å². The van der Waals surface area contributed by atoms with Crippen LogP contribution in [0.15, 0.2) is 29.3 Å². The number of aliphatic imine (C=N–C) groups is 1. The number of benzene rings is 1. The fourth-order valence-electron chi connectivity index (χ4n) is 3.54. The third kappa shape index (κ3) is 5.99. The zero-order chi connectivity index (χ0) is 18.8. The lowest BCUT2D eigenvalue weighted by Crippen LogP contribution is -2.40. The summed E-state index contributed by atoms with van der Waals surface area (Å²) in [4.78, 5) is 9.78. The van der Waals surface area contributed by atoms with Gasteiger partial charge in [0, 0.05) is 39.2 Å². The first kappa shape index (κ1) is 20.7. The first-order valence-corrected chi connectivity index (χ1v) is 10.0. The maximum Gasteiger partial charge on any atom is 0.194 e. The van der Waals surface area contributed by atoms with E-state index in [0.29, 0.717) is 5.92 Å². The second kappa shape index (κ2) is 11.2. The number of likely N-dealkylation sites (tertiary alicyclic amines) is 1. The van der Waals surface area contributed by atoms with Crippen molar-refractivity contribution in [2.75, 3.05) is 46.4 Å². The van der Waals surface area contributed by atoms with Crippen molar-refractivity contribution in [3.63, 3.8) is 0 Å². The highest BCUT2D eigenvalue weighted by Crippen LogP contribution is 2.17. The van der Waals surface area contributed by atoms with E-state index in [4.69, 9.17) is 9.73 Å². The predicted molar refractivity (Wildman–Crippen MR) is 109 cm³/mol. The minimum absolute atomic E-state index is 0.610. The molecular formula is C21H36N4O. The number of hydrogen-bond donors (Lipinski definition) is 1. The van der Waals surface area contributed by atoms with Gasteiger partial charge in [-0.1, -0.05) is 38.1 Å². The zero-order valence-electron chi connectivity index (χ0n) is 17.0. The van der Waals surface area contributed by atoms with Crippen LogP contribution < -0.4 is 5.32 Å². The highest BCUT2D eigenvalue weighted by molar-refractivity contribution is 5.80. The van der Waals surface area contributed by atoms with Crippen LogP contribution in [-0.2, 0) is 17.8 Å². The topological polar surface area (TPSA) is 40.1 Å². The van der Waals surface area contributed by atoms with Gasteiger partial charge in [-0.2, -0.15) is 0 Å². The van der Waals surface area contributed by atoms with Gasteiger partial charge in [-0.3, -0.25) is 4.90 Å². The lowest BCUT2D eigenvalue weighted by Gasteiger charge is -2.22. The number of nitrogens with one attached hydrogen (secondary N) is 1. The molecule has 0 radical (unpaired) electrons. The van der Waals surface area contributed by atoms with E-state index < -0.39 is 0 Å². The highest BCUT2D eigenvalue weighted by atomic mass is 16.5. The van der Waals surface area contributed by atoms with Crippen molar-refractivity contribution in [3.8, 4) is 0 Å². The van der Waals surface area contributed by atoms with Crippen molar-refractivity contribution in [2.45, 2.75) is 40.3 Å². The Bertz CT molecular complexity index is 557. The molecule has 0 aliphatic carbocycles. The van der Waals surface area contributed by atoms with Crippen LogP contribution in [0.1, 0.15) is 38.3 Å².